The molecule has 2 N–H and O–H groups in total. The highest BCUT2D eigenvalue weighted by atomic mass is 79.9. The largest absolute Gasteiger partial charge is 0.493 e. The molecule has 1 aromatic carbocycles. The number of para-hydroxylation sites is 2. The van der Waals surface area contributed by atoms with Crippen LogP contribution in [0.3, 0.4) is 0 Å². The van der Waals surface area contributed by atoms with Crippen LogP contribution in [0.2, 0.25) is 0 Å². The Morgan fingerprint density at radius 3 is 2.75 bits per heavy atom. The molecule has 2 rings (SSSR count). The number of H-pyrrole nitrogens is 1. The van der Waals surface area contributed by atoms with E-state index in [0.29, 0.717) is 30.3 Å². The third kappa shape index (κ3) is 3.77. The number of carbonyl (C=O) groups excluding carboxylic acids is 1. The van der Waals surface area contributed by atoms with E-state index in [9.17, 15) is 4.79 Å². The van der Waals surface area contributed by atoms with Gasteiger partial charge in [-0.25, -0.2) is 0 Å². The summed E-state index contributed by atoms with van der Waals surface area (Å²) in [7, 11) is 1.59. The number of halogens is 1. The van der Waals surface area contributed by atoms with Crippen LogP contribution in [0.5, 0.6) is 11.5 Å². The van der Waals surface area contributed by atoms with E-state index in [1.807, 2.05) is 24.3 Å². The molecule has 0 aliphatic rings. The molecule has 0 spiro atoms. The lowest BCUT2D eigenvalue weighted by Gasteiger charge is -2.10. The second-order valence-corrected chi connectivity index (χ2v) is 4.90. The predicted molar refractivity (Wildman–Crippen MR) is 79.3 cm³/mol. The molecule has 0 saturated heterocycles. The number of nitrogens with one attached hydrogen (secondary N) is 2. The molecule has 2 aromatic rings. The second kappa shape index (κ2) is 7.00. The lowest BCUT2D eigenvalue weighted by Crippen LogP contribution is -2.28. The quantitative estimate of drug-likeness (QED) is 0.795. The van der Waals surface area contributed by atoms with E-state index in [1.165, 1.54) is 0 Å². The van der Waals surface area contributed by atoms with Gasteiger partial charge in [0.1, 0.15) is 12.3 Å². The fraction of sp³-hybridized carbons (Fsp3) is 0.214. The van der Waals surface area contributed by atoms with E-state index in [4.69, 9.17) is 9.47 Å². The third-order valence-electron chi connectivity index (χ3n) is 2.61. The number of ether oxygens (including phenoxy) is 2. The van der Waals surface area contributed by atoms with Gasteiger partial charge >= 0.3 is 0 Å². The normalized spacial score (nSPS) is 10.1. The highest BCUT2D eigenvalue weighted by molar-refractivity contribution is 9.10. The summed E-state index contributed by atoms with van der Waals surface area (Å²) >= 11 is 3.28. The summed E-state index contributed by atoms with van der Waals surface area (Å²) in [4.78, 5) is 14.6. The van der Waals surface area contributed by atoms with Gasteiger partial charge in [0.25, 0.3) is 5.91 Å². The smallest absolute Gasteiger partial charge is 0.267 e. The summed E-state index contributed by atoms with van der Waals surface area (Å²) in [5.74, 6) is 1.17. The Balaban J connectivity index is 1.78. The first-order chi connectivity index (χ1) is 9.70. The summed E-state index contributed by atoms with van der Waals surface area (Å²) in [5, 5.41) is 2.76. The summed E-state index contributed by atoms with van der Waals surface area (Å²) in [6, 6.07) is 9.10. The predicted octanol–water partition coefficient (Wildman–Crippen LogP) is 2.59. The summed E-state index contributed by atoms with van der Waals surface area (Å²) < 4.78 is 11.6. The maximum Gasteiger partial charge on any atom is 0.267 e. The Morgan fingerprint density at radius 1 is 1.35 bits per heavy atom. The van der Waals surface area contributed by atoms with Crippen molar-refractivity contribution in [2.75, 3.05) is 20.3 Å². The molecule has 0 aliphatic carbocycles. The van der Waals surface area contributed by atoms with Crippen LogP contribution in [0.4, 0.5) is 0 Å². The minimum Gasteiger partial charge on any atom is -0.493 e. The number of carbonyl (C=O) groups is 1. The SMILES string of the molecule is COc1ccccc1OCCNC(=O)c1cc(Br)c[nH]1. The van der Waals surface area contributed by atoms with E-state index < -0.39 is 0 Å². The molecule has 6 heteroatoms. The van der Waals surface area contributed by atoms with Gasteiger partial charge in [0, 0.05) is 10.7 Å². The fourth-order valence-corrected chi connectivity index (χ4v) is 2.00. The highest BCUT2D eigenvalue weighted by Crippen LogP contribution is 2.25. The van der Waals surface area contributed by atoms with Crippen LogP contribution in [0.25, 0.3) is 0 Å². The lowest BCUT2D eigenvalue weighted by atomic mass is 10.3. The van der Waals surface area contributed by atoms with Gasteiger partial charge in [-0.3, -0.25) is 4.79 Å². The van der Waals surface area contributed by atoms with Gasteiger partial charge in [-0.2, -0.15) is 0 Å². The molecule has 0 unspecified atom stereocenters. The van der Waals surface area contributed by atoms with Gasteiger partial charge in [0.05, 0.1) is 13.7 Å². The van der Waals surface area contributed by atoms with E-state index in [2.05, 4.69) is 26.2 Å². The number of benzene rings is 1. The number of amides is 1. The maximum absolute atomic E-state index is 11.7. The molecule has 0 aliphatic heterocycles. The van der Waals surface area contributed by atoms with Gasteiger partial charge in [0.15, 0.2) is 11.5 Å². The monoisotopic (exact) mass is 338 g/mol. The number of aromatic nitrogens is 1. The second-order valence-electron chi connectivity index (χ2n) is 3.99. The van der Waals surface area contributed by atoms with E-state index in [0.717, 1.165) is 4.47 Å². The van der Waals surface area contributed by atoms with Crippen LogP contribution in [-0.2, 0) is 0 Å². The number of methoxy groups -OCH3 is 1. The first-order valence-electron chi connectivity index (χ1n) is 6.08. The fourth-order valence-electron chi connectivity index (χ4n) is 1.66. The summed E-state index contributed by atoms with van der Waals surface area (Å²) in [6.45, 7) is 0.779. The van der Waals surface area contributed by atoms with Crippen LogP contribution in [-0.4, -0.2) is 31.2 Å². The molecule has 0 bridgehead atoms. The first-order valence-corrected chi connectivity index (χ1v) is 6.88. The van der Waals surface area contributed by atoms with Crippen molar-refractivity contribution in [3.8, 4) is 11.5 Å². The van der Waals surface area contributed by atoms with Crippen molar-refractivity contribution in [2.45, 2.75) is 0 Å². The minimum atomic E-state index is -0.167. The molecule has 20 heavy (non-hydrogen) atoms. The topological polar surface area (TPSA) is 63.4 Å². The molecule has 5 nitrogen and oxygen atoms in total. The number of aromatic amines is 1. The van der Waals surface area contributed by atoms with E-state index in [-0.39, 0.29) is 5.91 Å². The van der Waals surface area contributed by atoms with Crippen LogP contribution >= 0.6 is 15.9 Å². The molecule has 0 fully saturated rings. The molecule has 0 atom stereocenters. The van der Waals surface area contributed by atoms with Crippen LogP contribution < -0.4 is 14.8 Å². The summed E-state index contributed by atoms with van der Waals surface area (Å²) in [5.41, 5.74) is 0.508. The zero-order valence-corrected chi connectivity index (χ0v) is 12.6. The van der Waals surface area contributed by atoms with E-state index in [1.54, 1.807) is 19.4 Å². The zero-order valence-electron chi connectivity index (χ0n) is 11.0. The average molecular weight is 339 g/mol. The van der Waals surface area contributed by atoms with Crippen LogP contribution in [0, 0.1) is 0 Å². The van der Waals surface area contributed by atoms with Crippen molar-refractivity contribution in [1.82, 2.24) is 10.3 Å². The molecular formula is C14H15BrN2O3. The Kier molecular flexibility index (Phi) is 5.06. The molecule has 1 aromatic heterocycles. The molecule has 1 heterocycles. The lowest BCUT2D eigenvalue weighted by molar-refractivity contribution is 0.0942. The Bertz CT molecular complexity index is 583. The van der Waals surface area contributed by atoms with Gasteiger partial charge in [0.2, 0.25) is 0 Å². The third-order valence-corrected chi connectivity index (χ3v) is 3.06. The van der Waals surface area contributed by atoms with E-state index >= 15 is 0 Å². The van der Waals surface area contributed by atoms with Gasteiger partial charge in [-0.15, -0.1) is 0 Å². The molecule has 0 saturated carbocycles. The van der Waals surface area contributed by atoms with Crippen molar-refractivity contribution in [3.05, 3.63) is 46.7 Å². The Labute approximate surface area is 125 Å². The van der Waals surface area contributed by atoms with Gasteiger partial charge in [-0.1, -0.05) is 12.1 Å². The Hall–Kier alpha value is -1.95. The first kappa shape index (κ1) is 14.5. The maximum atomic E-state index is 11.7. The molecule has 1 amide bonds. The van der Waals surface area contributed by atoms with Crippen molar-refractivity contribution in [2.24, 2.45) is 0 Å². The molecule has 106 valence electrons. The van der Waals surface area contributed by atoms with Gasteiger partial charge < -0.3 is 19.8 Å². The Morgan fingerprint density at radius 2 is 2.10 bits per heavy atom. The van der Waals surface area contributed by atoms with Crippen molar-refractivity contribution in [1.29, 1.82) is 0 Å². The number of rotatable bonds is 6. The number of hydrogen-bond donors (Lipinski definition) is 2. The zero-order chi connectivity index (χ0) is 14.4. The van der Waals surface area contributed by atoms with Crippen molar-refractivity contribution in [3.63, 3.8) is 0 Å². The van der Waals surface area contributed by atoms with Crippen LogP contribution in [0.1, 0.15) is 10.5 Å². The average Bonchev–Trinajstić information content (AvgIpc) is 2.90. The highest BCUT2D eigenvalue weighted by Gasteiger charge is 2.07. The standard InChI is InChI=1S/C14H15BrN2O3/c1-19-12-4-2-3-5-13(12)20-7-6-16-14(18)11-8-10(15)9-17-11/h2-5,8-9,17H,6-7H2,1H3,(H,16,18). The van der Waals surface area contributed by atoms with Crippen molar-refractivity contribution >= 4 is 21.8 Å². The van der Waals surface area contributed by atoms with Crippen molar-refractivity contribution < 1.29 is 14.3 Å². The summed E-state index contributed by atoms with van der Waals surface area (Å²) in [6.07, 6.45) is 1.71. The van der Waals surface area contributed by atoms with Crippen LogP contribution in [0.15, 0.2) is 41.0 Å². The number of hydrogen-bond acceptors (Lipinski definition) is 3. The minimum absolute atomic E-state index is 0.167. The van der Waals surface area contributed by atoms with Gasteiger partial charge in [-0.05, 0) is 34.1 Å². The molecular weight excluding hydrogens is 324 g/mol. The molecule has 0 radical (unpaired) electrons.